The lowest BCUT2D eigenvalue weighted by atomic mass is 9.62. The van der Waals surface area contributed by atoms with Gasteiger partial charge in [-0.25, -0.2) is 0 Å². The van der Waals surface area contributed by atoms with Gasteiger partial charge >= 0.3 is 0 Å². The second-order valence-electron chi connectivity index (χ2n) is 12.4. The molecule has 2 heteroatoms. The second-order valence-corrected chi connectivity index (χ2v) is 12.4. The van der Waals surface area contributed by atoms with E-state index in [1.165, 1.54) is 33.4 Å². The molecule has 0 amide bonds. The average molecular weight is 593 g/mol. The summed E-state index contributed by atoms with van der Waals surface area (Å²) in [6.45, 7) is 0. The van der Waals surface area contributed by atoms with Crippen molar-refractivity contribution in [2.45, 2.75) is 18.3 Å². The molecule has 2 unspecified atom stereocenters. The highest BCUT2D eigenvalue weighted by Crippen LogP contribution is 2.63. The van der Waals surface area contributed by atoms with Gasteiger partial charge in [-0.05, 0) is 69.8 Å². The lowest BCUT2D eigenvalue weighted by molar-refractivity contribution is 0.361. The van der Waals surface area contributed by atoms with E-state index in [9.17, 15) is 0 Å². The number of benzene rings is 6. The van der Waals surface area contributed by atoms with Crippen molar-refractivity contribution in [2.75, 3.05) is 0 Å². The zero-order valence-electron chi connectivity index (χ0n) is 25.4. The first-order valence-corrected chi connectivity index (χ1v) is 16.1. The number of hydrogen-bond acceptors (Lipinski definition) is 2. The van der Waals surface area contributed by atoms with E-state index in [0.717, 1.165) is 52.5 Å². The van der Waals surface area contributed by atoms with Crippen molar-refractivity contribution in [3.8, 4) is 45.3 Å². The number of allylic oxidation sites excluding steroid dienone is 4. The molecule has 0 bridgehead atoms. The van der Waals surface area contributed by atoms with Gasteiger partial charge in [0.2, 0.25) is 0 Å². The van der Waals surface area contributed by atoms with Crippen molar-refractivity contribution in [3.05, 3.63) is 192 Å². The molecular formula is C44H32O2. The highest BCUT2D eigenvalue weighted by atomic mass is 16.6. The Hall–Kier alpha value is -5.60. The van der Waals surface area contributed by atoms with E-state index in [0.29, 0.717) is 0 Å². The Morgan fingerprint density at radius 1 is 0.565 bits per heavy atom. The minimum absolute atomic E-state index is 0.256. The Labute approximate surface area is 269 Å². The van der Waals surface area contributed by atoms with Crippen LogP contribution in [0.4, 0.5) is 0 Å². The maximum Gasteiger partial charge on any atom is 0.178 e. The molecule has 0 saturated carbocycles. The molecule has 0 spiro atoms. The summed E-state index contributed by atoms with van der Waals surface area (Å²) in [7, 11) is 0. The van der Waals surface area contributed by atoms with E-state index in [1.54, 1.807) is 0 Å². The maximum absolute atomic E-state index is 6.92. The van der Waals surface area contributed by atoms with E-state index >= 15 is 0 Å². The molecule has 0 aromatic heterocycles. The molecule has 1 aliphatic heterocycles. The van der Waals surface area contributed by atoms with Gasteiger partial charge in [-0.3, -0.25) is 0 Å². The van der Waals surface area contributed by atoms with Gasteiger partial charge in [0.15, 0.2) is 23.0 Å². The summed E-state index contributed by atoms with van der Waals surface area (Å²) in [5.74, 6) is 3.29. The van der Waals surface area contributed by atoms with Crippen LogP contribution in [0.2, 0.25) is 0 Å². The molecule has 2 atom stereocenters. The highest BCUT2D eigenvalue weighted by molar-refractivity contribution is 5.91. The van der Waals surface area contributed by atoms with Crippen molar-refractivity contribution < 1.29 is 9.47 Å². The van der Waals surface area contributed by atoms with E-state index < -0.39 is 0 Å². The molecule has 6 aromatic carbocycles. The van der Waals surface area contributed by atoms with Crippen LogP contribution in [0.1, 0.15) is 34.2 Å². The highest BCUT2D eigenvalue weighted by Gasteiger charge is 2.50. The van der Waals surface area contributed by atoms with E-state index in [1.807, 2.05) is 6.07 Å². The standard InChI is InChI=1S/C44H32O2/c1-4-14-30(15-5-1)28-31-16-12-17-32(29-31)35-23-13-25-39-42(35)45-40-27-26-38-41(43(40)46-39)36-22-10-11-24-37(36)44(38,33-18-6-2-7-19-33)34-20-8-3-9-21-34/h1-20,22-27,29,34H,21,28H2. The summed E-state index contributed by atoms with van der Waals surface area (Å²) in [5, 5.41) is 0. The van der Waals surface area contributed by atoms with Gasteiger partial charge in [0.25, 0.3) is 0 Å². The monoisotopic (exact) mass is 592 g/mol. The van der Waals surface area contributed by atoms with E-state index in [-0.39, 0.29) is 11.3 Å². The lowest BCUT2D eigenvalue weighted by Crippen LogP contribution is -2.35. The first-order chi connectivity index (χ1) is 22.8. The fourth-order valence-electron chi connectivity index (χ4n) is 7.89. The van der Waals surface area contributed by atoms with Gasteiger partial charge in [0.1, 0.15) is 0 Å². The largest absolute Gasteiger partial charge is 0.449 e. The smallest absolute Gasteiger partial charge is 0.178 e. The lowest BCUT2D eigenvalue weighted by Gasteiger charge is -2.39. The molecule has 3 aliphatic rings. The van der Waals surface area contributed by atoms with Crippen LogP contribution in [-0.4, -0.2) is 0 Å². The quantitative estimate of drug-likeness (QED) is 0.198. The SMILES string of the molecule is C1=CCC(C2(c3ccccc3)c3ccccc3-c3c2ccc2c3Oc3cccc(-c4cccc(Cc5ccccc5)c4)c3O2)C=C1. The molecule has 0 radical (unpaired) electrons. The van der Waals surface area contributed by atoms with Gasteiger partial charge in [-0.2, -0.15) is 0 Å². The van der Waals surface area contributed by atoms with Crippen molar-refractivity contribution in [1.29, 1.82) is 0 Å². The minimum atomic E-state index is -0.353. The fraction of sp³-hybridized carbons (Fsp3) is 0.0909. The van der Waals surface area contributed by atoms with Crippen molar-refractivity contribution in [3.63, 3.8) is 0 Å². The van der Waals surface area contributed by atoms with Crippen LogP contribution in [0.3, 0.4) is 0 Å². The predicted octanol–water partition coefficient (Wildman–Crippen LogP) is 11.3. The molecular weight excluding hydrogens is 560 g/mol. The van der Waals surface area contributed by atoms with Gasteiger partial charge in [-0.15, -0.1) is 0 Å². The van der Waals surface area contributed by atoms with Crippen LogP contribution in [0.25, 0.3) is 22.3 Å². The first-order valence-electron chi connectivity index (χ1n) is 16.1. The first kappa shape index (κ1) is 26.8. The number of ether oxygens (including phenoxy) is 2. The predicted molar refractivity (Wildman–Crippen MR) is 186 cm³/mol. The number of fused-ring (bicyclic) bond motifs is 6. The van der Waals surface area contributed by atoms with Gasteiger partial charge in [-0.1, -0.05) is 152 Å². The van der Waals surface area contributed by atoms with Crippen molar-refractivity contribution in [2.24, 2.45) is 5.92 Å². The summed E-state index contributed by atoms with van der Waals surface area (Å²) in [4.78, 5) is 0. The summed E-state index contributed by atoms with van der Waals surface area (Å²) in [6, 6.07) is 49.8. The van der Waals surface area contributed by atoms with Gasteiger partial charge < -0.3 is 9.47 Å². The van der Waals surface area contributed by atoms with Gasteiger partial charge in [0, 0.05) is 11.1 Å². The zero-order valence-corrected chi connectivity index (χ0v) is 25.4. The Kier molecular flexibility index (Phi) is 6.28. The normalized spacial score (nSPS) is 18.5. The molecule has 0 fully saturated rings. The zero-order chi connectivity index (χ0) is 30.5. The molecule has 0 saturated heterocycles. The van der Waals surface area contributed by atoms with Crippen LogP contribution < -0.4 is 9.47 Å². The van der Waals surface area contributed by atoms with Crippen LogP contribution in [0, 0.1) is 5.92 Å². The molecule has 220 valence electrons. The third-order valence-corrected chi connectivity index (χ3v) is 9.83. The number of hydrogen-bond donors (Lipinski definition) is 0. The maximum atomic E-state index is 6.92. The summed E-state index contributed by atoms with van der Waals surface area (Å²) >= 11 is 0. The third kappa shape index (κ3) is 4.10. The van der Waals surface area contributed by atoms with Crippen LogP contribution in [0.5, 0.6) is 23.0 Å². The third-order valence-electron chi connectivity index (χ3n) is 9.83. The molecule has 2 aliphatic carbocycles. The number of rotatable bonds is 5. The average Bonchev–Trinajstić information content (AvgIpc) is 3.43. The molecule has 2 nitrogen and oxygen atoms in total. The van der Waals surface area contributed by atoms with Crippen molar-refractivity contribution >= 4 is 0 Å². The Balaban J connectivity index is 1.18. The minimum Gasteiger partial charge on any atom is -0.449 e. The topological polar surface area (TPSA) is 18.5 Å². The number of para-hydroxylation sites is 1. The molecule has 1 heterocycles. The van der Waals surface area contributed by atoms with Crippen LogP contribution in [0.15, 0.2) is 164 Å². The Morgan fingerprint density at radius 3 is 2.13 bits per heavy atom. The van der Waals surface area contributed by atoms with E-state index in [4.69, 9.17) is 9.47 Å². The van der Waals surface area contributed by atoms with Crippen LogP contribution in [-0.2, 0) is 11.8 Å². The Morgan fingerprint density at radius 2 is 1.28 bits per heavy atom. The molecule has 9 rings (SSSR count). The Bertz CT molecular complexity index is 2160. The summed E-state index contributed by atoms with van der Waals surface area (Å²) in [6.07, 6.45) is 10.9. The van der Waals surface area contributed by atoms with Crippen LogP contribution >= 0.6 is 0 Å². The van der Waals surface area contributed by atoms with E-state index in [2.05, 4.69) is 158 Å². The summed E-state index contributed by atoms with van der Waals surface area (Å²) in [5.41, 5.74) is 10.5. The molecule has 6 aromatic rings. The van der Waals surface area contributed by atoms with Crippen molar-refractivity contribution in [1.82, 2.24) is 0 Å². The van der Waals surface area contributed by atoms with Gasteiger partial charge in [0.05, 0.1) is 5.41 Å². The molecule has 46 heavy (non-hydrogen) atoms. The summed E-state index contributed by atoms with van der Waals surface area (Å²) < 4.78 is 13.8. The molecule has 0 N–H and O–H groups in total. The second kappa shape index (κ2) is 10.8. The fourth-order valence-corrected chi connectivity index (χ4v) is 7.89.